The van der Waals surface area contributed by atoms with Crippen molar-refractivity contribution in [3.63, 3.8) is 0 Å². The Morgan fingerprint density at radius 2 is 1.68 bits per heavy atom. The van der Waals surface area contributed by atoms with Crippen LogP contribution in [0, 0.1) is 6.92 Å². The number of ether oxygens (including phenoxy) is 3. The Morgan fingerprint density at radius 3 is 2.26 bits per heavy atom. The van der Waals surface area contributed by atoms with Crippen LogP contribution in [-0.2, 0) is 14.8 Å². The molecule has 1 heterocycles. The van der Waals surface area contributed by atoms with Crippen LogP contribution in [0.25, 0.3) is 12.2 Å². The van der Waals surface area contributed by atoms with Crippen LogP contribution in [0.3, 0.4) is 0 Å². The number of benzene rings is 2. The molecule has 1 amide bonds. The highest BCUT2D eigenvalue weighted by molar-refractivity contribution is 7.92. The molecule has 0 saturated heterocycles. The van der Waals surface area contributed by atoms with Crippen molar-refractivity contribution in [2.24, 2.45) is 0 Å². The lowest BCUT2D eigenvalue weighted by atomic mass is 10.2. The number of carbonyl (C=O) groups excluding carboxylic acids is 1. The molecule has 0 fully saturated rings. The molecule has 0 aliphatic rings. The van der Waals surface area contributed by atoms with E-state index in [0.717, 1.165) is 0 Å². The summed E-state index contributed by atoms with van der Waals surface area (Å²) in [6.45, 7) is 3.08. The van der Waals surface area contributed by atoms with E-state index in [-0.39, 0.29) is 22.2 Å². The molecule has 0 unspecified atom stereocenters. The second-order valence-electron chi connectivity index (χ2n) is 7.14. The lowest BCUT2D eigenvalue weighted by molar-refractivity contribution is -0.114. The summed E-state index contributed by atoms with van der Waals surface area (Å²) < 4.78 is 49.9. The number of amides is 1. The van der Waals surface area contributed by atoms with Crippen molar-refractivity contribution in [1.29, 1.82) is 0 Å². The van der Waals surface area contributed by atoms with Crippen LogP contribution in [0.5, 0.6) is 17.2 Å². The van der Waals surface area contributed by atoms with Gasteiger partial charge < -0.3 is 24.1 Å². The molecular weight excluding hydrogens is 462 g/mol. The Kier molecular flexibility index (Phi) is 7.47. The van der Waals surface area contributed by atoms with E-state index >= 15 is 0 Å². The number of methoxy groups -OCH3 is 3. The first-order chi connectivity index (χ1) is 16.2. The normalized spacial score (nSPS) is 11.3. The molecule has 180 valence electrons. The zero-order chi connectivity index (χ0) is 24.9. The van der Waals surface area contributed by atoms with Crippen LogP contribution >= 0.6 is 0 Å². The van der Waals surface area contributed by atoms with Crippen LogP contribution in [-0.4, -0.2) is 40.8 Å². The lowest BCUT2D eigenvalue weighted by Crippen LogP contribution is -2.14. The minimum absolute atomic E-state index is 0.0743. The van der Waals surface area contributed by atoms with Crippen molar-refractivity contribution in [3.05, 3.63) is 53.4 Å². The zero-order valence-corrected chi connectivity index (χ0v) is 20.1. The number of hydrogen-bond donors (Lipinski definition) is 2. The number of aromatic nitrogens is 1. The number of aryl methyl sites for hydroxylation is 1. The standard InChI is InChI=1S/C23H25N3O7S/c1-14-23(24-15(2)27)21(33-25-14)9-7-16-6-8-20(32-5)22(10-16)34(28,29)26-17-11-18(30-3)13-19(12-17)31-4/h6-13,26H,1-5H3,(H,24,27)/b9-7-. The predicted octanol–water partition coefficient (Wildman–Crippen LogP) is 3.94. The summed E-state index contributed by atoms with van der Waals surface area (Å²) in [5.41, 5.74) is 1.77. The van der Waals surface area contributed by atoms with Crippen molar-refractivity contribution < 1.29 is 31.9 Å². The number of anilines is 2. The molecule has 11 heteroatoms. The molecule has 0 saturated carbocycles. The molecule has 10 nitrogen and oxygen atoms in total. The zero-order valence-electron chi connectivity index (χ0n) is 19.3. The van der Waals surface area contributed by atoms with E-state index in [1.807, 2.05) is 0 Å². The van der Waals surface area contributed by atoms with Gasteiger partial charge in [-0.15, -0.1) is 0 Å². The molecule has 0 aliphatic carbocycles. The van der Waals surface area contributed by atoms with Gasteiger partial charge in [0.25, 0.3) is 10.0 Å². The quantitative estimate of drug-likeness (QED) is 0.464. The number of nitrogens with zero attached hydrogens (tertiary/aromatic N) is 1. The van der Waals surface area contributed by atoms with E-state index in [9.17, 15) is 13.2 Å². The monoisotopic (exact) mass is 487 g/mol. The molecule has 2 N–H and O–H groups in total. The largest absolute Gasteiger partial charge is 0.497 e. The van der Waals surface area contributed by atoms with Crippen molar-refractivity contribution in [3.8, 4) is 17.2 Å². The van der Waals surface area contributed by atoms with Gasteiger partial charge in [0.05, 0.1) is 27.0 Å². The Bertz CT molecular complexity index is 1310. The summed E-state index contributed by atoms with van der Waals surface area (Å²) in [7, 11) is 0.283. The van der Waals surface area contributed by atoms with E-state index in [2.05, 4.69) is 15.2 Å². The summed E-state index contributed by atoms with van der Waals surface area (Å²) in [6.07, 6.45) is 3.22. The van der Waals surface area contributed by atoms with Crippen molar-refractivity contribution in [1.82, 2.24) is 5.16 Å². The van der Waals surface area contributed by atoms with Gasteiger partial charge >= 0.3 is 0 Å². The second-order valence-corrected chi connectivity index (χ2v) is 8.79. The number of hydrogen-bond acceptors (Lipinski definition) is 8. The SMILES string of the molecule is COc1cc(NS(=O)(=O)c2cc(/C=C\c3onc(C)c3NC(C)=O)ccc2OC)cc(OC)c1. The molecule has 0 aliphatic heterocycles. The van der Waals surface area contributed by atoms with Gasteiger partial charge in [0.2, 0.25) is 5.91 Å². The summed E-state index contributed by atoms with van der Waals surface area (Å²) in [5.74, 6) is 1.08. The lowest BCUT2D eigenvalue weighted by Gasteiger charge is -2.14. The van der Waals surface area contributed by atoms with Crippen molar-refractivity contribution >= 4 is 39.5 Å². The molecule has 2 aromatic carbocycles. The van der Waals surface area contributed by atoms with E-state index in [0.29, 0.717) is 34.2 Å². The van der Waals surface area contributed by atoms with Gasteiger partial charge in [-0.05, 0) is 30.7 Å². The summed E-state index contributed by atoms with van der Waals surface area (Å²) >= 11 is 0. The van der Waals surface area contributed by atoms with Gasteiger partial charge in [0.1, 0.15) is 33.5 Å². The Labute approximate surface area is 197 Å². The fourth-order valence-electron chi connectivity index (χ4n) is 3.08. The van der Waals surface area contributed by atoms with Crippen LogP contribution in [0.4, 0.5) is 11.4 Å². The highest BCUT2D eigenvalue weighted by Gasteiger charge is 2.21. The fraction of sp³-hybridized carbons (Fsp3) is 0.217. The number of sulfonamides is 1. The van der Waals surface area contributed by atoms with E-state index in [4.69, 9.17) is 18.7 Å². The topological polar surface area (TPSA) is 129 Å². The molecule has 3 aromatic rings. The molecular formula is C23H25N3O7S. The number of carbonyl (C=O) groups is 1. The molecule has 0 spiro atoms. The van der Waals surface area contributed by atoms with Gasteiger partial charge in [-0.1, -0.05) is 17.3 Å². The molecule has 1 aromatic heterocycles. The smallest absolute Gasteiger partial charge is 0.265 e. The second kappa shape index (κ2) is 10.3. The predicted molar refractivity (Wildman–Crippen MR) is 128 cm³/mol. The Hall–Kier alpha value is -3.99. The van der Waals surface area contributed by atoms with Gasteiger partial charge in [-0.3, -0.25) is 9.52 Å². The average molecular weight is 488 g/mol. The Balaban J connectivity index is 1.95. The maximum absolute atomic E-state index is 13.2. The van der Waals surface area contributed by atoms with E-state index < -0.39 is 10.0 Å². The molecule has 3 rings (SSSR count). The van der Waals surface area contributed by atoms with Crippen LogP contribution < -0.4 is 24.2 Å². The third kappa shape index (κ3) is 5.67. The van der Waals surface area contributed by atoms with Gasteiger partial charge in [-0.2, -0.15) is 0 Å². The third-order valence-corrected chi connectivity index (χ3v) is 6.10. The highest BCUT2D eigenvalue weighted by atomic mass is 32.2. The molecule has 0 radical (unpaired) electrons. The maximum atomic E-state index is 13.2. The van der Waals surface area contributed by atoms with Crippen LogP contribution in [0.1, 0.15) is 23.9 Å². The number of nitrogens with one attached hydrogen (secondary N) is 2. The highest BCUT2D eigenvalue weighted by Crippen LogP contribution is 2.31. The van der Waals surface area contributed by atoms with E-state index in [1.54, 1.807) is 37.3 Å². The minimum atomic E-state index is -4.04. The minimum Gasteiger partial charge on any atom is -0.497 e. The Morgan fingerprint density at radius 1 is 1.00 bits per heavy atom. The molecule has 0 bridgehead atoms. The van der Waals surface area contributed by atoms with Gasteiger partial charge in [-0.25, -0.2) is 8.42 Å². The van der Waals surface area contributed by atoms with Crippen molar-refractivity contribution in [2.75, 3.05) is 31.4 Å². The fourth-order valence-corrected chi connectivity index (χ4v) is 4.33. The van der Waals surface area contributed by atoms with E-state index in [1.165, 1.54) is 46.5 Å². The first-order valence-electron chi connectivity index (χ1n) is 10.0. The molecule has 34 heavy (non-hydrogen) atoms. The van der Waals surface area contributed by atoms with Gasteiger partial charge in [0.15, 0.2) is 5.76 Å². The van der Waals surface area contributed by atoms with Crippen LogP contribution in [0.2, 0.25) is 0 Å². The first kappa shape index (κ1) is 24.6. The van der Waals surface area contributed by atoms with Gasteiger partial charge in [0, 0.05) is 25.1 Å². The summed E-state index contributed by atoms with van der Waals surface area (Å²) in [5, 5.41) is 6.52. The third-order valence-electron chi connectivity index (χ3n) is 4.70. The maximum Gasteiger partial charge on any atom is 0.265 e. The first-order valence-corrected chi connectivity index (χ1v) is 11.5. The number of rotatable bonds is 9. The summed E-state index contributed by atoms with van der Waals surface area (Å²) in [6, 6.07) is 9.38. The molecule has 0 atom stereocenters. The summed E-state index contributed by atoms with van der Waals surface area (Å²) in [4.78, 5) is 11.4. The van der Waals surface area contributed by atoms with Crippen LogP contribution in [0.15, 0.2) is 45.8 Å². The average Bonchev–Trinajstić information content (AvgIpc) is 3.15. The van der Waals surface area contributed by atoms with Crippen molar-refractivity contribution in [2.45, 2.75) is 18.7 Å².